The Hall–Kier alpha value is -1.92. The molecule has 0 unspecified atom stereocenters. The highest BCUT2D eigenvalue weighted by atomic mass is 16.2. The Bertz CT molecular complexity index is 791. The second kappa shape index (κ2) is 14.0. The average molecular weight is 489 g/mol. The van der Waals surface area contributed by atoms with Crippen LogP contribution >= 0.6 is 0 Å². The van der Waals surface area contributed by atoms with Gasteiger partial charge in [0, 0.05) is 28.5 Å². The van der Waals surface area contributed by atoms with Gasteiger partial charge in [0.25, 0.3) is 0 Å². The minimum atomic E-state index is -0.382. The zero-order valence-electron chi connectivity index (χ0n) is 22.5. The van der Waals surface area contributed by atoms with Crippen LogP contribution < -0.4 is 10.6 Å². The first-order valence-electron chi connectivity index (χ1n) is 14.1. The number of carbonyl (C=O) groups excluding carboxylic acids is 2. The molecule has 2 heterocycles. The van der Waals surface area contributed by atoms with Crippen LogP contribution in [0, 0.1) is 11.8 Å². The lowest BCUT2D eigenvalue weighted by molar-refractivity contribution is -0.140. The molecule has 200 valence electrons. The Morgan fingerprint density at radius 2 is 1.71 bits per heavy atom. The van der Waals surface area contributed by atoms with E-state index in [1.54, 1.807) is 7.05 Å². The summed E-state index contributed by atoms with van der Waals surface area (Å²) in [6.07, 6.45) is 8.95. The number of amides is 2. The quantitative estimate of drug-likeness (QED) is 0.571. The molecule has 3 aliphatic rings. The number of carbonyl (C=O) groups is 2. The molecule has 1 aromatic rings. The SMILES string of the molecule is CC.CN[C@@H](C)C(=O)N[C@H](C(=O)N1CC[C@H]2CCN(CCc3ccccc3)C[C@H]21)C1CCCCC1.[HH].[HH]. The summed E-state index contributed by atoms with van der Waals surface area (Å²) in [5.41, 5.74) is 1.37. The highest BCUT2D eigenvalue weighted by Crippen LogP contribution is 2.34. The zero-order chi connectivity index (χ0) is 25.2. The molecule has 2 amide bonds. The van der Waals surface area contributed by atoms with E-state index < -0.39 is 0 Å². The Morgan fingerprint density at radius 1 is 1.03 bits per heavy atom. The van der Waals surface area contributed by atoms with Gasteiger partial charge in [-0.15, -0.1) is 0 Å². The van der Waals surface area contributed by atoms with Crippen molar-refractivity contribution in [3.63, 3.8) is 0 Å². The molecule has 2 aliphatic heterocycles. The molecular formula is C29H52N4O2. The molecule has 3 fully saturated rings. The third-order valence-corrected chi connectivity index (χ3v) is 8.30. The van der Waals surface area contributed by atoms with Crippen molar-refractivity contribution in [2.45, 2.75) is 90.3 Å². The van der Waals surface area contributed by atoms with Crippen LogP contribution in [0.2, 0.25) is 0 Å². The highest BCUT2D eigenvalue weighted by molar-refractivity contribution is 5.90. The zero-order valence-corrected chi connectivity index (χ0v) is 22.5. The third kappa shape index (κ3) is 7.29. The number of likely N-dealkylation sites (N-methyl/N-ethyl adjacent to an activating group) is 1. The summed E-state index contributed by atoms with van der Waals surface area (Å²) in [6, 6.07) is 10.3. The monoisotopic (exact) mass is 488 g/mol. The van der Waals surface area contributed by atoms with Crippen LogP contribution in [0.25, 0.3) is 0 Å². The molecule has 1 aliphatic carbocycles. The van der Waals surface area contributed by atoms with Gasteiger partial charge in [0.2, 0.25) is 11.8 Å². The lowest BCUT2D eigenvalue weighted by atomic mass is 9.83. The molecule has 0 aromatic heterocycles. The first-order chi connectivity index (χ1) is 17.1. The predicted octanol–water partition coefficient (Wildman–Crippen LogP) is 4.34. The fraction of sp³-hybridized carbons (Fsp3) is 0.724. The van der Waals surface area contributed by atoms with Crippen molar-refractivity contribution in [1.82, 2.24) is 20.4 Å². The molecule has 6 heteroatoms. The van der Waals surface area contributed by atoms with Gasteiger partial charge in [0.05, 0.1) is 6.04 Å². The van der Waals surface area contributed by atoms with E-state index in [0.717, 1.165) is 64.7 Å². The van der Waals surface area contributed by atoms with Crippen LogP contribution in [0.1, 0.15) is 74.1 Å². The van der Waals surface area contributed by atoms with Crippen molar-refractivity contribution < 1.29 is 12.4 Å². The molecule has 4 atom stereocenters. The van der Waals surface area contributed by atoms with E-state index >= 15 is 0 Å². The fourth-order valence-electron chi connectivity index (χ4n) is 6.05. The molecule has 0 bridgehead atoms. The predicted molar refractivity (Wildman–Crippen MR) is 147 cm³/mol. The summed E-state index contributed by atoms with van der Waals surface area (Å²) in [5, 5.41) is 6.18. The van der Waals surface area contributed by atoms with Crippen LogP contribution in [0.3, 0.4) is 0 Å². The van der Waals surface area contributed by atoms with Crippen molar-refractivity contribution in [1.29, 1.82) is 0 Å². The van der Waals surface area contributed by atoms with E-state index in [4.69, 9.17) is 0 Å². The van der Waals surface area contributed by atoms with Crippen LogP contribution in [0.15, 0.2) is 30.3 Å². The molecule has 1 aromatic carbocycles. The lowest BCUT2D eigenvalue weighted by Gasteiger charge is -2.41. The summed E-state index contributed by atoms with van der Waals surface area (Å²) in [5.74, 6) is 0.957. The van der Waals surface area contributed by atoms with Crippen molar-refractivity contribution >= 4 is 11.8 Å². The summed E-state index contributed by atoms with van der Waals surface area (Å²) in [4.78, 5) is 31.3. The molecule has 0 radical (unpaired) electrons. The Morgan fingerprint density at radius 3 is 2.40 bits per heavy atom. The van der Waals surface area contributed by atoms with Gasteiger partial charge in [-0.3, -0.25) is 9.59 Å². The highest BCUT2D eigenvalue weighted by Gasteiger charge is 2.44. The number of hydrogen-bond acceptors (Lipinski definition) is 4. The van der Waals surface area contributed by atoms with E-state index in [-0.39, 0.29) is 38.7 Å². The molecule has 4 rings (SSSR count). The average Bonchev–Trinajstić information content (AvgIpc) is 3.35. The Kier molecular flexibility index (Phi) is 11.1. The molecule has 6 nitrogen and oxygen atoms in total. The maximum absolute atomic E-state index is 13.9. The van der Waals surface area contributed by atoms with E-state index in [0.29, 0.717) is 5.92 Å². The molecular weight excluding hydrogens is 436 g/mol. The topological polar surface area (TPSA) is 64.7 Å². The number of hydrogen-bond donors (Lipinski definition) is 2. The number of nitrogens with one attached hydrogen (secondary N) is 2. The van der Waals surface area contributed by atoms with Crippen molar-refractivity contribution in [2.75, 3.05) is 33.2 Å². The number of fused-ring (bicyclic) bond motifs is 1. The molecule has 1 saturated carbocycles. The minimum Gasteiger partial charge on any atom is -0.343 e. The Balaban J connectivity index is 0.00000167. The minimum absolute atomic E-state index is 0. The van der Waals surface area contributed by atoms with Crippen molar-refractivity contribution in [3.8, 4) is 0 Å². The van der Waals surface area contributed by atoms with Crippen molar-refractivity contribution in [3.05, 3.63) is 35.9 Å². The van der Waals surface area contributed by atoms with Crippen molar-refractivity contribution in [2.24, 2.45) is 11.8 Å². The third-order valence-electron chi connectivity index (χ3n) is 8.30. The first-order valence-corrected chi connectivity index (χ1v) is 14.1. The second-order valence-electron chi connectivity index (χ2n) is 10.4. The van der Waals surface area contributed by atoms with E-state index in [1.165, 1.54) is 18.4 Å². The van der Waals surface area contributed by atoms with Gasteiger partial charge in [-0.1, -0.05) is 63.4 Å². The number of likely N-dealkylation sites (tertiary alicyclic amines) is 2. The lowest BCUT2D eigenvalue weighted by Crippen LogP contribution is -2.58. The summed E-state index contributed by atoms with van der Waals surface area (Å²) < 4.78 is 0. The van der Waals surface area contributed by atoms with Crippen LogP contribution in [0.5, 0.6) is 0 Å². The Labute approximate surface area is 216 Å². The number of piperidine rings is 1. The standard InChI is InChI=1S/C27H42N4O2.C2H6.2H2/c1-20(28-2)26(32)29-25(23-11-7-4-8-12-23)27(33)31-18-15-22-14-17-30(19-24(22)31)16-13-21-9-5-3-6-10-21;1-2;;/h3,5-6,9-10,20,22-25,28H,4,7-8,11-19H2,1-2H3,(H,29,32);1-2H3;2*1H/t20-,22+,24+,25-;;;/m0.../s1. The summed E-state index contributed by atoms with van der Waals surface area (Å²) >= 11 is 0. The van der Waals surface area contributed by atoms with E-state index in [2.05, 4.69) is 50.8 Å². The molecule has 2 saturated heterocycles. The first kappa shape index (κ1) is 27.7. The van der Waals surface area contributed by atoms with Crippen LogP contribution in [-0.2, 0) is 16.0 Å². The summed E-state index contributed by atoms with van der Waals surface area (Å²) in [7, 11) is 1.79. The number of nitrogens with zero attached hydrogens (tertiary/aromatic N) is 2. The van der Waals surface area contributed by atoms with Gasteiger partial charge in [-0.2, -0.15) is 0 Å². The fourth-order valence-corrected chi connectivity index (χ4v) is 6.05. The molecule has 0 spiro atoms. The smallest absolute Gasteiger partial charge is 0.245 e. The largest absolute Gasteiger partial charge is 0.343 e. The normalized spacial score (nSPS) is 24.6. The molecule has 35 heavy (non-hydrogen) atoms. The van der Waals surface area contributed by atoms with Gasteiger partial charge in [-0.25, -0.2) is 0 Å². The van der Waals surface area contributed by atoms with Gasteiger partial charge < -0.3 is 20.4 Å². The maximum atomic E-state index is 13.9. The van der Waals surface area contributed by atoms with Crippen LogP contribution in [-0.4, -0.2) is 73.0 Å². The summed E-state index contributed by atoms with van der Waals surface area (Å²) in [6.45, 7) is 9.81. The van der Waals surface area contributed by atoms with Crippen LogP contribution in [0.4, 0.5) is 0 Å². The molecule has 2 N–H and O–H groups in total. The van der Waals surface area contributed by atoms with Gasteiger partial charge in [0.15, 0.2) is 0 Å². The van der Waals surface area contributed by atoms with E-state index in [1.807, 2.05) is 20.8 Å². The maximum Gasteiger partial charge on any atom is 0.245 e. The van der Waals surface area contributed by atoms with Gasteiger partial charge in [-0.05, 0) is 70.0 Å². The second-order valence-corrected chi connectivity index (χ2v) is 10.4. The van der Waals surface area contributed by atoms with Gasteiger partial charge in [0.1, 0.15) is 6.04 Å². The number of rotatable bonds is 8. The van der Waals surface area contributed by atoms with E-state index in [9.17, 15) is 9.59 Å². The number of benzene rings is 1. The van der Waals surface area contributed by atoms with Gasteiger partial charge >= 0.3 is 0 Å².